The topological polar surface area (TPSA) is 98.2 Å². The Kier molecular flexibility index (Phi) is 5.14. The summed E-state index contributed by atoms with van der Waals surface area (Å²) < 4.78 is 14.6. The number of aromatic nitrogens is 3. The Hall–Kier alpha value is -3.81. The molecule has 0 bridgehead atoms. The smallest absolute Gasteiger partial charge is 0.257 e. The predicted molar refractivity (Wildman–Crippen MR) is 116 cm³/mol. The van der Waals surface area contributed by atoms with Gasteiger partial charge in [-0.2, -0.15) is 9.78 Å². The number of halogens is 1. The Morgan fingerprint density at radius 3 is 2.53 bits per heavy atom. The summed E-state index contributed by atoms with van der Waals surface area (Å²) in [5.74, 6) is -0.522. The molecule has 0 aliphatic rings. The van der Waals surface area contributed by atoms with Gasteiger partial charge in [0.05, 0.1) is 17.2 Å². The molecule has 4 aromatic rings. The highest BCUT2D eigenvalue weighted by Crippen LogP contribution is 2.28. The Bertz CT molecular complexity index is 1260. The van der Waals surface area contributed by atoms with E-state index < -0.39 is 0 Å². The normalized spacial score (nSPS) is 12.6. The molecule has 2 heterocycles. The van der Waals surface area contributed by atoms with Crippen LogP contribution in [0.2, 0.25) is 0 Å². The van der Waals surface area contributed by atoms with Gasteiger partial charge in [-0.1, -0.05) is 31.2 Å². The zero-order chi connectivity index (χ0) is 21.3. The van der Waals surface area contributed by atoms with Gasteiger partial charge in [0.2, 0.25) is 0 Å². The van der Waals surface area contributed by atoms with Crippen LogP contribution >= 0.6 is 0 Å². The predicted octanol–water partition coefficient (Wildman–Crippen LogP) is 3.72. The van der Waals surface area contributed by atoms with Crippen molar-refractivity contribution in [3.63, 3.8) is 0 Å². The number of anilines is 1. The van der Waals surface area contributed by atoms with Crippen molar-refractivity contribution >= 4 is 40.1 Å². The summed E-state index contributed by atoms with van der Waals surface area (Å²) in [7, 11) is 0. The van der Waals surface area contributed by atoms with Crippen molar-refractivity contribution in [1.29, 1.82) is 0 Å². The molecular formula is C22H21FN6O. The maximum atomic E-state index is 13.2. The van der Waals surface area contributed by atoms with Gasteiger partial charge in [0.25, 0.3) is 5.91 Å². The second-order valence-electron chi connectivity index (χ2n) is 7.04. The molecule has 0 unspecified atom stereocenters. The van der Waals surface area contributed by atoms with Crippen LogP contribution in [0, 0.1) is 5.82 Å². The highest BCUT2D eigenvalue weighted by molar-refractivity contribution is 6.10. The van der Waals surface area contributed by atoms with E-state index >= 15 is 0 Å². The number of amides is 1. The Labute approximate surface area is 172 Å². The van der Waals surface area contributed by atoms with Gasteiger partial charge in [-0.3, -0.25) is 4.79 Å². The number of fused-ring (bicyclic) bond motifs is 2. The summed E-state index contributed by atoms with van der Waals surface area (Å²) >= 11 is 0. The Balaban J connectivity index is 1.89. The quantitative estimate of drug-likeness (QED) is 0.495. The van der Waals surface area contributed by atoms with Gasteiger partial charge in [-0.05, 0) is 43.2 Å². The molecule has 8 heteroatoms. The SMILES string of the molecule is CC[C@H](C)NC(=O)c1c(N)n(N=Cc2ccc(F)cc2)c2nc3ccccc3nc12. The van der Waals surface area contributed by atoms with Gasteiger partial charge < -0.3 is 11.1 Å². The number of benzene rings is 2. The van der Waals surface area contributed by atoms with Gasteiger partial charge in [-0.25, -0.2) is 14.4 Å². The molecule has 0 radical (unpaired) electrons. The number of para-hydroxylation sites is 2. The fourth-order valence-electron chi connectivity index (χ4n) is 3.06. The number of hydrogen-bond acceptors (Lipinski definition) is 5. The molecule has 0 aliphatic heterocycles. The second kappa shape index (κ2) is 7.90. The molecule has 152 valence electrons. The van der Waals surface area contributed by atoms with Crippen molar-refractivity contribution in [3.05, 3.63) is 65.5 Å². The Morgan fingerprint density at radius 2 is 1.87 bits per heavy atom. The molecule has 4 rings (SSSR count). The van der Waals surface area contributed by atoms with E-state index in [0.29, 0.717) is 27.8 Å². The van der Waals surface area contributed by atoms with Crippen molar-refractivity contribution in [2.24, 2.45) is 5.10 Å². The van der Waals surface area contributed by atoms with Crippen molar-refractivity contribution in [2.45, 2.75) is 26.3 Å². The summed E-state index contributed by atoms with van der Waals surface area (Å²) in [5.41, 5.74) is 9.32. The first-order valence-corrected chi connectivity index (χ1v) is 9.65. The number of nitrogens with two attached hydrogens (primary N) is 1. The molecule has 3 N–H and O–H groups in total. The minimum absolute atomic E-state index is 0.0218. The van der Waals surface area contributed by atoms with Gasteiger partial charge in [-0.15, -0.1) is 0 Å². The Morgan fingerprint density at radius 1 is 1.20 bits per heavy atom. The average molecular weight is 404 g/mol. The van der Waals surface area contributed by atoms with Gasteiger partial charge in [0.15, 0.2) is 5.65 Å². The van der Waals surface area contributed by atoms with Crippen molar-refractivity contribution < 1.29 is 9.18 Å². The number of carbonyl (C=O) groups is 1. The summed E-state index contributed by atoms with van der Waals surface area (Å²) in [6.07, 6.45) is 2.31. The lowest BCUT2D eigenvalue weighted by Gasteiger charge is -2.11. The molecule has 30 heavy (non-hydrogen) atoms. The fraction of sp³-hybridized carbons (Fsp3) is 0.182. The van der Waals surface area contributed by atoms with Crippen LogP contribution < -0.4 is 11.1 Å². The zero-order valence-corrected chi connectivity index (χ0v) is 16.6. The lowest BCUT2D eigenvalue weighted by Crippen LogP contribution is -2.32. The van der Waals surface area contributed by atoms with E-state index in [1.54, 1.807) is 12.1 Å². The molecular weight excluding hydrogens is 383 g/mol. The number of nitrogens with zero attached hydrogens (tertiary/aromatic N) is 4. The van der Waals surface area contributed by atoms with E-state index in [4.69, 9.17) is 5.73 Å². The third kappa shape index (κ3) is 3.59. The summed E-state index contributed by atoms with van der Waals surface area (Å²) in [4.78, 5) is 22.2. The third-order valence-electron chi connectivity index (χ3n) is 4.88. The number of carbonyl (C=O) groups excluding carboxylic acids is 1. The summed E-state index contributed by atoms with van der Waals surface area (Å²) in [6, 6.07) is 13.2. The average Bonchev–Trinajstić information content (AvgIpc) is 3.01. The summed E-state index contributed by atoms with van der Waals surface area (Å²) in [6.45, 7) is 3.90. The van der Waals surface area contributed by atoms with Gasteiger partial charge >= 0.3 is 0 Å². The van der Waals surface area contributed by atoms with E-state index in [-0.39, 0.29) is 29.1 Å². The van der Waals surface area contributed by atoms with Crippen molar-refractivity contribution in [1.82, 2.24) is 20.0 Å². The number of hydrogen-bond donors (Lipinski definition) is 2. The fourth-order valence-corrected chi connectivity index (χ4v) is 3.06. The second-order valence-corrected chi connectivity index (χ2v) is 7.04. The number of nitrogens with one attached hydrogen (secondary N) is 1. The maximum absolute atomic E-state index is 13.2. The molecule has 1 amide bonds. The van der Waals surface area contributed by atoms with Crippen LogP contribution in [0.3, 0.4) is 0 Å². The number of rotatable bonds is 5. The standard InChI is InChI=1S/C22H21FN6O/c1-3-13(2)26-22(30)18-19-21(28-17-7-5-4-6-16(17)27-19)29(20(18)24)25-12-14-8-10-15(23)11-9-14/h4-13H,3,24H2,1-2H3,(H,26,30)/t13-/m0/s1. The van der Waals surface area contributed by atoms with Crippen molar-refractivity contribution in [2.75, 3.05) is 5.73 Å². The molecule has 7 nitrogen and oxygen atoms in total. The van der Waals surface area contributed by atoms with Crippen LogP contribution in [0.5, 0.6) is 0 Å². The molecule has 0 spiro atoms. The highest BCUT2D eigenvalue weighted by atomic mass is 19.1. The van der Waals surface area contributed by atoms with Crippen LogP contribution in [0.1, 0.15) is 36.2 Å². The van der Waals surface area contributed by atoms with Gasteiger partial charge in [0.1, 0.15) is 22.7 Å². The molecule has 2 aromatic heterocycles. The lowest BCUT2D eigenvalue weighted by molar-refractivity contribution is 0.0941. The minimum atomic E-state index is -0.334. The van der Waals surface area contributed by atoms with E-state index in [9.17, 15) is 9.18 Å². The van der Waals surface area contributed by atoms with E-state index in [2.05, 4.69) is 20.4 Å². The van der Waals surface area contributed by atoms with E-state index in [1.807, 2.05) is 38.1 Å². The van der Waals surface area contributed by atoms with Gasteiger partial charge in [0, 0.05) is 6.04 Å². The zero-order valence-electron chi connectivity index (χ0n) is 16.6. The largest absolute Gasteiger partial charge is 0.383 e. The first-order valence-electron chi connectivity index (χ1n) is 9.65. The summed E-state index contributed by atoms with van der Waals surface area (Å²) in [5, 5.41) is 7.33. The van der Waals surface area contributed by atoms with Crippen LogP contribution in [0.4, 0.5) is 10.2 Å². The van der Waals surface area contributed by atoms with Crippen LogP contribution in [-0.4, -0.2) is 32.8 Å². The van der Waals surface area contributed by atoms with Crippen molar-refractivity contribution in [3.8, 4) is 0 Å². The maximum Gasteiger partial charge on any atom is 0.257 e. The molecule has 1 atom stereocenters. The van der Waals surface area contributed by atoms with E-state index in [0.717, 1.165) is 6.42 Å². The third-order valence-corrected chi connectivity index (χ3v) is 4.88. The van der Waals surface area contributed by atoms with E-state index in [1.165, 1.54) is 23.0 Å². The lowest BCUT2D eigenvalue weighted by atomic mass is 10.2. The van der Waals surface area contributed by atoms with Crippen LogP contribution in [0.15, 0.2) is 53.6 Å². The van der Waals surface area contributed by atoms with Crippen LogP contribution in [0.25, 0.3) is 22.2 Å². The molecule has 0 aliphatic carbocycles. The van der Waals surface area contributed by atoms with Crippen LogP contribution in [-0.2, 0) is 0 Å². The first kappa shape index (κ1) is 19.5. The number of nitrogen functional groups attached to an aromatic ring is 1. The monoisotopic (exact) mass is 404 g/mol. The molecule has 2 aromatic carbocycles. The molecule has 0 saturated heterocycles. The first-order chi connectivity index (χ1) is 14.5. The molecule has 0 saturated carbocycles. The minimum Gasteiger partial charge on any atom is -0.383 e. The molecule has 0 fully saturated rings. The highest BCUT2D eigenvalue weighted by Gasteiger charge is 2.24.